The first-order chi connectivity index (χ1) is 10.1. The van der Waals surface area contributed by atoms with Crippen LogP contribution < -0.4 is 11.1 Å². The van der Waals surface area contributed by atoms with E-state index in [1.54, 1.807) is 18.0 Å². The molecule has 1 heterocycles. The number of hydrogen-bond donors (Lipinski definition) is 2. The molecule has 3 N–H and O–H groups in total. The Morgan fingerprint density at radius 1 is 1.33 bits per heavy atom. The fraction of sp³-hybridized carbons (Fsp3) is 0.312. The topological polar surface area (TPSA) is 68.3 Å². The van der Waals surface area contributed by atoms with E-state index in [4.69, 9.17) is 10.2 Å². The van der Waals surface area contributed by atoms with Crippen molar-refractivity contribution in [3.8, 4) is 0 Å². The smallest absolute Gasteiger partial charge is 0.224 e. The van der Waals surface area contributed by atoms with Gasteiger partial charge in [-0.1, -0.05) is 6.07 Å². The molecule has 5 heteroatoms. The highest BCUT2D eigenvalue weighted by Gasteiger charge is 2.07. The van der Waals surface area contributed by atoms with Crippen molar-refractivity contribution in [3.63, 3.8) is 0 Å². The van der Waals surface area contributed by atoms with Crippen molar-refractivity contribution in [2.75, 3.05) is 16.8 Å². The number of furan rings is 1. The summed E-state index contributed by atoms with van der Waals surface area (Å²) in [6.45, 7) is 3.85. The molecule has 0 spiro atoms. The van der Waals surface area contributed by atoms with Crippen LogP contribution in [0.1, 0.15) is 24.2 Å². The lowest BCUT2D eigenvalue weighted by atomic mass is 10.1. The van der Waals surface area contributed by atoms with Crippen molar-refractivity contribution in [1.29, 1.82) is 0 Å². The monoisotopic (exact) mass is 304 g/mol. The van der Waals surface area contributed by atoms with Crippen LogP contribution in [0.2, 0.25) is 0 Å². The summed E-state index contributed by atoms with van der Waals surface area (Å²) in [5.41, 5.74) is 8.22. The number of nitrogens with one attached hydrogen (secondary N) is 1. The van der Waals surface area contributed by atoms with Crippen LogP contribution in [0.4, 0.5) is 11.4 Å². The normalized spacial score (nSPS) is 10.6. The predicted octanol–water partition coefficient (Wildman–Crippen LogP) is 3.99. The van der Waals surface area contributed by atoms with Gasteiger partial charge < -0.3 is 15.5 Å². The van der Waals surface area contributed by atoms with Gasteiger partial charge in [0.25, 0.3) is 0 Å². The van der Waals surface area contributed by atoms with E-state index in [1.165, 1.54) is 0 Å². The fourth-order valence-corrected chi connectivity index (χ4v) is 2.85. The molecule has 0 radical (unpaired) electrons. The average Bonchev–Trinajstić information content (AvgIpc) is 2.86. The molecule has 0 fully saturated rings. The third kappa shape index (κ3) is 4.29. The van der Waals surface area contributed by atoms with Gasteiger partial charge in [0, 0.05) is 22.7 Å². The summed E-state index contributed by atoms with van der Waals surface area (Å²) in [6.07, 6.45) is 3.01. The van der Waals surface area contributed by atoms with Gasteiger partial charge >= 0.3 is 0 Å². The summed E-state index contributed by atoms with van der Waals surface area (Å²) in [5.74, 6) is 1.84. The minimum Gasteiger partial charge on any atom is -0.468 e. The number of carbonyl (C=O) groups is 1. The van der Waals surface area contributed by atoms with E-state index in [1.807, 2.05) is 38.1 Å². The summed E-state index contributed by atoms with van der Waals surface area (Å²) in [6, 6.07) is 7.49. The van der Waals surface area contributed by atoms with Gasteiger partial charge in [0.1, 0.15) is 5.76 Å². The quantitative estimate of drug-likeness (QED) is 0.481. The maximum Gasteiger partial charge on any atom is 0.224 e. The third-order valence-corrected chi connectivity index (χ3v) is 4.49. The van der Waals surface area contributed by atoms with Crippen molar-refractivity contribution in [2.45, 2.75) is 31.6 Å². The third-order valence-electron chi connectivity index (χ3n) is 3.27. The highest BCUT2D eigenvalue weighted by Crippen LogP contribution is 2.24. The Morgan fingerprint density at radius 2 is 2.14 bits per heavy atom. The number of anilines is 2. The second-order valence-corrected chi connectivity index (χ2v) is 6.00. The first-order valence-corrected chi connectivity index (χ1v) is 7.88. The molecule has 1 amide bonds. The number of nitrogens with two attached hydrogens (primary N) is 1. The van der Waals surface area contributed by atoms with Crippen molar-refractivity contribution >= 4 is 29.0 Å². The number of hydrogen-bond acceptors (Lipinski definition) is 4. The predicted molar refractivity (Wildman–Crippen MR) is 87.6 cm³/mol. The molecule has 21 heavy (non-hydrogen) atoms. The zero-order valence-electron chi connectivity index (χ0n) is 12.3. The average molecular weight is 304 g/mol. The Balaban J connectivity index is 1.75. The zero-order chi connectivity index (χ0) is 15.2. The molecule has 0 saturated carbocycles. The number of rotatable bonds is 6. The van der Waals surface area contributed by atoms with Crippen LogP contribution in [-0.4, -0.2) is 11.7 Å². The van der Waals surface area contributed by atoms with Crippen LogP contribution in [0.3, 0.4) is 0 Å². The van der Waals surface area contributed by atoms with E-state index in [9.17, 15) is 4.79 Å². The van der Waals surface area contributed by atoms with Crippen molar-refractivity contribution < 1.29 is 9.21 Å². The Morgan fingerprint density at radius 3 is 2.86 bits per heavy atom. The van der Waals surface area contributed by atoms with Gasteiger partial charge in [-0.05, 0) is 49.8 Å². The zero-order valence-corrected chi connectivity index (χ0v) is 13.1. The second kappa shape index (κ2) is 7.22. The molecule has 0 aliphatic rings. The fourth-order valence-electron chi connectivity index (χ4n) is 1.94. The number of thioether (sulfide) groups is 1. The highest BCUT2D eigenvalue weighted by atomic mass is 32.2. The number of nitrogen functional groups attached to an aromatic ring is 1. The molecule has 0 unspecified atom stereocenters. The molecule has 1 aromatic carbocycles. The molecule has 0 aliphatic carbocycles. The van der Waals surface area contributed by atoms with E-state index >= 15 is 0 Å². The molecule has 0 saturated heterocycles. The first-order valence-electron chi connectivity index (χ1n) is 6.90. The summed E-state index contributed by atoms with van der Waals surface area (Å²) < 4.78 is 5.23. The second-order valence-electron chi connectivity index (χ2n) is 4.86. The number of amides is 1. The van der Waals surface area contributed by atoms with E-state index in [0.29, 0.717) is 12.1 Å². The lowest BCUT2D eigenvalue weighted by Gasteiger charge is -2.10. The SMILES string of the molecule is Cc1occc1SCCCC(=O)Nc1cccc(N)c1C. The number of benzene rings is 1. The van der Waals surface area contributed by atoms with Crippen LogP contribution >= 0.6 is 11.8 Å². The minimum atomic E-state index is 0.0215. The summed E-state index contributed by atoms with van der Waals surface area (Å²) in [4.78, 5) is 13.1. The van der Waals surface area contributed by atoms with Gasteiger partial charge in [-0.25, -0.2) is 0 Å². The van der Waals surface area contributed by atoms with Crippen molar-refractivity contribution in [1.82, 2.24) is 0 Å². The Hall–Kier alpha value is -1.88. The molecule has 2 aromatic rings. The molecule has 0 aliphatic heterocycles. The van der Waals surface area contributed by atoms with E-state index in [0.717, 1.165) is 34.1 Å². The minimum absolute atomic E-state index is 0.0215. The van der Waals surface area contributed by atoms with Gasteiger partial charge in [-0.15, -0.1) is 11.8 Å². The Bertz CT molecular complexity index is 622. The lowest BCUT2D eigenvalue weighted by Crippen LogP contribution is -2.12. The van der Waals surface area contributed by atoms with E-state index in [2.05, 4.69) is 5.32 Å². The first kappa shape index (κ1) is 15.5. The molecular formula is C16H20N2O2S. The summed E-state index contributed by atoms with van der Waals surface area (Å²) in [7, 11) is 0. The standard InChI is InChI=1S/C16H20N2O2S/c1-11-13(17)5-3-6-14(11)18-16(19)7-4-10-21-15-8-9-20-12(15)2/h3,5-6,8-9H,4,7,10,17H2,1-2H3,(H,18,19). The highest BCUT2D eigenvalue weighted by molar-refractivity contribution is 7.99. The van der Waals surface area contributed by atoms with Crippen LogP contribution in [0.25, 0.3) is 0 Å². The van der Waals surface area contributed by atoms with Gasteiger partial charge in [0.15, 0.2) is 0 Å². The molecular weight excluding hydrogens is 284 g/mol. The maximum atomic E-state index is 11.9. The van der Waals surface area contributed by atoms with Gasteiger partial charge in [-0.2, -0.15) is 0 Å². The molecule has 4 nitrogen and oxygen atoms in total. The molecule has 0 bridgehead atoms. The number of aryl methyl sites for hydroxylation is 1. The molecule has 112 valence electrons. The molecule has 0 atom stereocenters. The van der Waals surface area contributed by atoms with Crippen molar-refractivity contribution in [3.05, 3.63) is 41.9 Å². The van der Waals surface area contributed by atoms with Crippen molar-refractivity contribution in [2.24, 2.45) is 0 Å². The summed E-state index contributed by atoms with van der Waals surface area (Å²) >= 11 is 1.71. The van der Waals surface area contributed by atoms with Crippen LogP contribution in [0.15, 0.2) is 39.8 Å². The molecule has 1 aromatic heterocycles. The maximum absolute atomic E-state index is 11.9. The number of carbonyl (C=O) groups excluding carboxylic acids is 1. The van der Waals surface area contributed by atoms with E-state index in [-0.39, 0.29) is 5.91 Å². The van der Waals surface area contributed by atoms with Gasteiger partial charge in [0.2, 0.25) is 5.91 Å². The largest absolute Gasteiger partial charge is 0.468 e. The van der Waals surface area contributed by atoms with Crippen LogP contribution in [0.5, 0.6) is 0 Å². The Kier molecular flexibility index (Phi) is 5.33. The van der Waals surface area contributed by atoms with Gasteiger partial charge in [0.05, 0.1) is 6.26 Å². The lowest BCUT2D eigenvalue weighted by molar-refractivity contribution is -0.116. The summed E-state index contributed by atoms with van der Waals surface area (Å²) in [5, 5.41) is 2.91. The van der Waals surface area contributed by atoms with Crippen LogP contribution in [0, 0.1) is 13.8 Å². The van der Waals surface area contributed by atoms with Gasteiger partial charge in [-0.3, -0.25) is 4.79 Å². The van der Waals surface area contributed by atoms with Crippen LogP contribution in [-0.2, 0) is 4.79 Å². The Labute approximate surface area is 129 Å². The van der Waals surface area contributed by atoms with E-state index < -0.39 is 0 Å². The molecule has 2 rings (SSSR count).